The molecule has 0 spiro atoms. The van der Waals surface area contributed by atoms with Crippen LogP contribution in [0.4, 0.5) is 0 Å². The lowest BCUT2D eigenvalue weighted by Crippen LogP contribution is -2.40. The summed E-state index contributed by atoms with van der Waals surface area (Å²) >= 11 is 9.62. The van der Waals surface area contributed by atoms with Crippen LogP contribution in [0.5, 0.6) is 0 Å². The Hall–Kier alpha value is -0.423. The third kappa shape index (κ3) is 3.86. The SMILES string of the molecule is CC(C)(C)[Si](C)(C)OCc1cc(Cl)nc2cc(Br)ccc12. The monoisotopic (exact) mass is 385 g/mol. The molecule has 0 atom stereocenters. The average molecular weight is 387 g/mol. The van der Waals surface area contributed by atoms with Gasteiger partial charge in [-0.05, 0) is 41.9 Å². The average Bonchev–Trinajstić information content (AvgIpc) is 2.33. The predicted molar refractivity (Wildman–Crippen MR) is 96.4 cm³/mol. The molecule has 0 fully saturated rings. The normalized spacial score (nSPS) is 12.9. The zero-order chi connectivity index (χ0) is 15.8. The molecule has 0 radical (unpaired) electrons. The zero-order valence-electron chi connectivity index (χ0n) is 13.1. The summed E-state index contributed by atoms with van der Waals surface area (Å²) in [5, 5.41) is 1.80. The van der Waals surface area contributed by atoms with Gasteiger partial charge in [0.1, 0.15) is 5.15 Å². The molecule has 5 heteroatoms. The summed E-state index contributed by atoms with van der Waals surface area (Å²) in [5.41, 5.74) is 1.99. The Morgan fingerprint density at radius 2 is 1.90 bits per heavy atom. The molecule has 21 heavy (non-hydrogen) atoms. The maximum atomic E-state index is 6.31. The number of pyridine rings is 1. The molecule has 2 aromatic rings. The van der Waals surface area contributed by atoms with E-state index in [1.165, 1.54) is 0 Å². The van der Waals surface area contributed by atoms with Gasteiger partial charge >= 0.3 is 0 Å². The molecule has 1 aromatic heterocycles. The number of fused-ring (bicyclic) bond motifs is 1. The molecule has 1 aromatic carbocycles. The van der Waals surface area contributed by atoms with E-state index < -0.39 is 8.32 Å². The van der Waals surface area contributed by atoms with E-state index >= 15 is 0 Å². The Morgan fingerprint density at radius 3 is 2.52 bits per heavy atom. The van der Waals surface area contributed by atoms with Crippen molar-refractivity contribution in [1.29, 1.82) is 0 Å². The quantitative estimate of drug-likeness (QED) is 0.464. The van der Waals surface area contributed by atoms with E-state index in [-0.39, 0.29) is 5.04 Å². The van der Waals surface area contributed by atoms with Gasteiger partial charge in [0, 0.05) is 9.86 Å². The predicted octanol–water partition coefficient (Wildman–Crippen LogP) is 6.17. The Kier molecular flexibility index (Phi) is 4.83. The van der Waals surface area contributed by atoms with Crippen molar-refractivity contribution in [2.75, 3.05) is 0 Å². The number of hydrogen-bond acceptors (Lipinski definition) is 2. The highest BCUT2D eigenvalue weighted by atomic mass is 79.9. The molecule has 0 saturated carbocycles. The zero-order valence-corrected chi connectivity index (χ0v) is 16.5. The molecule has 0 N–H and O–H groups in total. The van der Waals surface area contributed by atoms with Crippen LogP contribution < -0.4 is 0 Å². The second-order valence-electron chi connectivity index (χ2n) is 6.81. The summed E-state index contributed by atoms with van der Waals surface area (Å²) in [6.45, 7) is 11.8. The fraction of sp³-hybridized carbons (Fsp3) is 0.438. The van der Waals surface area contributed by atoms with Crippen molar-refractivity contribution in [3.05, 3.63) is 39.5 Å². The number of hydrogen-bond donors (Lipinski definition) is 0. The second kappa shape index (κ2) is 5.99. The Bertz CT molecular complexity index is 662. The number of nitrogens with zero attached hydrogens (tertiary/aromatic N) is 1. The van der Waals surface area contributed by atoms with Crippen molar-refractivity contribution in [1.82, 2.24) is 4.98 Å². The molecule has 0 amide bonds. The van der Waals surface area contributed by atoms with Crippen LogP contribution in [0.15, 0.2) is 28.7 Å². The minimum Gasteiger partial charge on any atom is -0.413 e. The van der Waals surface area contributed by atoms with Crippen molar-refractivity contribution in [2.45, 2.75) is 45.5 Å². The summed E-state index contributed by atoms with van der Waals surface area (Å²) in [6, 6.07) is 7.98. The summed E-state index contributed by atoms with van der Waals surface area (Å²) in [4.78, 5) is 4.38. The Morgan fingerprint density at radius 1 is 1.24 bits per heavy atom. The van der Waals surface area contributed by atoms with E-state index in [0.29, 0.717) is 11.8 Å². The van der Waals surface area contributed by atoms with Crippen LogP contribution >= 0.6 is 27.5 Å². The van der Waals surface area contributed by atoms with Gasteiger partial charge in [-0.1, -0.05) is 54.4 Å². The highest BCUT2D eigenvalue weighted by Gasteiger charge is 2.37. The van der Waals surface area contributed by atoms with E-state index in [1.807, 2.05) is 18.2 Å². The van der Waals surface area contributed by atoms with E-state index in [9.17, 15) is 0 Å². The molecule has 0 aliphatic carbocycles. The first kappa shape index (κ1) is 16.9. The van der Waals surface area contributed by atoms with Crippen LogP contribution in [0, 0.1) is 0 Å². The fourth-order valence-corrected chi connectivity index (χ4v) is 3.35. The molecule has 0 aliphatic heterocycles. The second-order valence-corrected chi connectivity index (χ2v) is 12.9. The number of benzene rings is 1. The van der Waals surface area contributed by atoms with Gasteiger partial charge in [0.25, 0.3) is 0 Å². The number of halogens is 2. The molecular formula is C16H21BrClNOSi. The maximum absolute atomic E-state index is 6.31. The van der Waals surface area contributed by atoms with Crippen molar-refractivity contribution >= 4 is 46.8 Å². The van der Waals surface area contributed by atoms with Crippen LogP contribution in [0.25, 0.3) is 10.9 Å². The van der Waals surface area contributed by atoms with Gasteiger partial charge in [-0.25, -0.2) is 4.98 Å². The van der Waals surface area contributed by atoms with Crippen LogP contribution in [0.1, 0.15) is 26.3 Å². The molecule has 2 nitrogen and oxygen atoms in total. The number of aromatic nitrogens is 1. The third-order valence-electron chi connectivity index (χ3n) is 4.22. The van der Waals surface area contributed by atoms with Crippen molar-refractivity contribution in [3.63, 3.8) is 0 Å². The third-order valence-corrected chi connectivity index (χ3v) is 9.39. The first-order valence-electron chi connectivity index (χ1n) is 6.99. The summed E-state index contributed by atoms with van der Waals surface area (Å²) < 4.78 is 7.32. The summed E-state index contributed by atoms with van der Waals surface area (Å²) in [7, 11) is -1.78. The van der Waals surface area contributed by atoms with E-state index in [1.54, 1.807) is 0 Å². The van der Waals surface area contributed by atoms with Crippen LogP contribution in [-0.2, 0) is 11.0 Å². The highest BCUT2D eigenvalue weighted by molar-refractivity contribution is 9.10. The first-order valence-corrected chi connectivity index (χ1v) is 11.1. The molecule has 0 bridgehead atoms. The topological polar surface area (TPSA) is 22.1 Å². The Balaban J connectivity index is 2.35. The fourth-order valence-electron chi connectivity index (χ4n) is 1.83. The summed E-state index contributed by atoms with van der Waals surface area (Å²) in [6.07, 6.45) is 0. The molecule has 0 saturated heterocycles. The smallest absolute Gasteiger partial charge is 0.192 e. The molecule has 0 aliphatic rings. The molecule has 2 rings (SSSR count). The lowest BCUT2D eigenvalue weighted by Gasteiger charge is -2.36. The maximum Gasteiger partial charge on any atom is 0.192 e. The van der Waals surface area contributed by atoms with Gasteiger partial charge in [-0.3, -0.25) is 0 Å². The summed E-state index contributed by atoms with van der Waals surface area (Å²) in [5.74, 6) is 0. The van der Waals surface area contributed by atoms with Crippen LogP contribution in [0.3, 0.4) is 0 Å². The largest absolute Gasteiger partial charge is 0.413 e. The highest BCUT2D eigenvalue weighted by Crippen LogP contribution is 2.37. The lowest BCUT2D eigenvalue weighted by molar-refractivity contribution is 0.277. The van der Waals surface area contributed by atoms with Crippen molar-refractivity contribution < 1.29 is 4.43 Å². The van der Waals surface area contributed by atoms with Gasteiger partial charge in [-0.2, -0.15) is 0 Å². The van der Waals surface area contributed by atoms with E-state index in [4.69, 9.17) is 16.0 Å². The van der Waals surface area contributed by atoms with E-state index in [2.05, 4.69) is 60.8 Å². The van der Waals surface area contributed by atoms with Gasteiger partial charge in [0.2, 0.25) is 0 Å². The Labute approximate surface area is 141 Å². The van der Waals surface area contributed by atoms with Crippen molar-refractivity contribution in [2.24, 2.45) is 0 Å². The van der Waals surface area contributed by atoms with E-state index in [0.717, 1.165) is 20.9 Å². The van der Waals surface area contributed by atoms with Gasteiger partial charge in [0.05, 0.1) is 12.1 Å². The molecule has 0 unspecified atom stereocenters. The standard InChI is InChI=1S/C16H21BrClNOSi/c1-16(2,3)21(4,5)20-10-11-8-15(18)19-14-9-12(17)6-7-13(11)14/h6-9H,10H2,1-5H3. The lowest BCUT2D eigenvalue weighted by atomic mass is 10.1. The van der Waals surface area contributed by atoms with Gasteiger partial charge in [0.15, 0.2) is 8.32 Å². The minimum absolute atomic E-state index is 0.197. The molecular weight excluding hydrogens is 366 g/mol. The van der Waals surface area contributed by atoms with Crippen molar-refractivity contribution in [3.8, 4) is 0 Å². The minimum atomic E-state index is -1.78. The number of rotatable bonds is 3. The molecule has 114 valence electrons. The van der Waals surface area contributed by atoms with Gasteiger partial charge in [-0.15, -0.1) is 0 Å². The first-order chi connectivity index (χ1) is 9.60. The van der Waals surface area contributed by atoms with Gasteiger partial charge < -0.3 is 4.43 Å². The van der Waals surface area contributed by atoms with Crippen LogP contribution in [0.2, 0.25) is 23.3 Å². The van der Waals surface area contributed by atoms with Crippen LogP contribution in [-0.4, -0.2) is 13.3 Å². The molecule has 1 heterocycles.